The second kappa shape index (κ2) is 8.16. The van der Waals surface area contributed by atoms with Crippen LogP contribution in [0.15, 0.2) is 27.6 Å². The molecule has 0 unspecified atom stereocenters. The third-order valence-electron chi connectivity index (χ3n) is 4.50. The molecule has 0 atom stereocenters. The van der Waals surface area contributed by atoms with Gasteiger partial charge in [-0.1, -0.05) is 19.0 Å². The fourth-order valence-corrected chi connectivity index (χ4v) is 2.93. The SMILES string of the molecule is CC(C)c1cc(CNC(=O)Cn2ncc(N3CCCCC3)cc2=O)on1. The van der Waals surface area contributed by atoms with Gasteiger partial charge in [0.15, 0.2) is 5.76 Å². The summed E-state index contributed by atoms with van der Waals surface area (Å²) in [4.78, 5) is 26.5. The molecule has 0 aromatic carbocycles. The van der Waals surface area contributed by atoms with Crippen LogP contribution >= 0.6 is 0 Å². The number of amides is 1. The maximum absolute atomic E-state index is 12.2. The second-order valence-electron chi connectivity index (χ2n) is 6.91. The van der Waals surface area contributed by atoms with E-state index in [-0.39, 0.29) is 30.5 Å². The number of aromatic nitrogens is 3. The Kier molecular flexibility index (Phi) is 5.70. The number of rotatable bonds is 6. The van der Waals surface area contributed by atoms with E-state index < -0.39 is 0 Å². The van der Waals surface area contributed by atoms with Gasteiger partial charge in [0.25, 0.3) is 5.56 Å². The number of carbonyl (C=O) groups excluding carboxylic acids is 1. The van der Waals surface area contributed by atoms with Gasteiger partial charge >= 0.3 is 0 Å². The summed E-state index contributed by atoms with van der Waals surface area (Å²) in [5.74, 6) is 0.556. The van der Waals surface area contributed by atoms with Gasteiger partial charge in [-0.2, -0.15) is 5.10 Å². The molecule has 0 spiro atoms. The molecule has 0 aliphatic carbocycles. The summed E-state index contributed by atoms with van der Waals surface area (Å²) in [6.45, 7) is 6.05. The molecule has 3 heterocycles. The van der Waals surface area contributed by atoms with E-state index in [4.69, 9.17) is 4.52 Å². The summed E-state index contributed by atoms with van der Waals surface area (Å²) >= 11 is 0. The molecule has 2 aromatic heterocycles. The van der Waals surface area contributed by atoms with Crippen molar-refractivity contribution < 1.29 is 9.32 Å². The van der Waals surface area contributed by atoms with E-state index in [1.165, 1.54) is 11.1 Å². The Morgan fingerprint density at radius 2 is 2.04 bits per heavy atom. The van der Waals surface area contributed by atoms with Crippen LogP contribution in [0.5, 0.6) is 0 Å². The van der Waals surface area contributed by atoms with Crippen LogP contribution in [0.2, 0.25) is 0 Å². The van der Waals surface area contributed by atoms with Gasteiger partial charge < -0.3 is 14.7 Å². The quantitative estimate of drug-likeness (QED) is 0.843. The Hall–Kier alpha value is -2.64. The van der Waals surface area contributed by atoms with Crippen LogP contribution in [-0.2, 0) is 17.9 Å². The van der Waals surface area contributed by atoms with Crippen molar-refractivity contribution in [1.29, 1.82) is 0 Å². The summed E-state index contributed by atoms with van der Waals surface area (Å²) < 4.78 is 6.35. The van der Waals surface area contributed by atoms with Crippen molar-refractivity contribution in [3.8, 4) is 0 Å². The van der Waals surface area contributed by atoms with Crippen molar-refractivity contribution in [2.45, 2.75) is 52.1 Å². The molecule has 0 bridgehead atoms. The maximum atomic E-state index is 12.2. The Balaban J connectivity index is 1.55. The molecule has 1 amide bonds. The fourth-order valence-electron chi connectivity index (χ4n) is 2.93. The van der Waals surface area contributed by atoms with Crippen LogP contribution in [-0.4, -0.2) is 33.9 Å². The lowest BCUT2D eigenvalue weighted by Gasteiger charge is -2.28. The van der Waals surface area contributed by atoms with E-state index in [2.05, 4.69) is 20.5 Å². The van der Waals surface area contributed by atoms with Crippen molar-refractivity contribution in [3.63, 3.8) is 0 Å². The highest BCUT2D eigenvalue weighted by Crippen LogP contribution is 2.17. The standard InChI is InChI=1S/C18H25N5O3/c1-13(2)16-9-15(26-21-16)11-19-17(24)12-23-18(25)8-14(10-20-23)22-6-4-3-5-7-22/h8-10,13H,3-7,11-12H2,1-2H3,(H,19,24). The number of nitrogens with one attached hydrogen (secondary N) is 1. The van der Waals surface area contributed by atoms with E-state index in [0.717, 1.165) is 37.3 Å². The summed E-state index contributed by atoms with van der Waals surface area (Å²) in [6, 6.07) is 3.37. The zero-order valence-electron chi connectivity index (χ0n) is 15.3. The summed E-state index contributed by atoms with van der Waals surface area (Å²) in [5, 5.41) is 10.8. The molecule has 8 nitrogen and oxygen atoms in total. The van der Waals surface area contributed by atoms with Crippen LogP contribution in [0.3, 0.4) is 0 Å². The lowest BCUT2D eigenvalue weighted by atomic mass is 10.1. The van der Waals surface area contributed by atoms with Crippen molar-refractivity contribution in [2.24, 2.45) is 0 Å². The number of nitrogens with zero attached hydrogens (tertiary/aromatic N) is 4. The zero-order valence-corrected chi connectivity index (χ0v) is 15.3. The van der Waals surface area contributed by atoms with Crippen molar-refractivity contribution in [1.82, 2.24) is 20.3 Å². The molecular formula is C18H25N5O3. The third kappa shape index (κ3) is 4.50. The van der Waals surface area contributed by atoms with Crippen molar-refractivity contribution in [2.75, 3.05) is 18.0 Å². The molecule has 26 heavy (non-hydrogen) atoms. The van der Waals surface area contributed by atoms with E-state index in [1.807, 2.05) is 19.9 Å². The molecule has 1 aliphatic rings. The van der Waals surface area contributed by atoms with Crippen molar-refractivity contribution >= 4 is 11.6 Å². The van der Waals surface area contributed by atoms with Gasteiger partial charge in [-0.05, 0) is 25.2 Å². The van der Waals surface area contributed by atoms with Gasteiger partial charge in [-0.25, -0.2) is 4.68 Å². The van der Waals surface area contributed by atoms with Crippen LogP contribution in [0, 0.1) is 0 Å². The van der Waals surface area contributed by atoms with E-state index in [1.54, 1.807) is 12.3 Å². The minimum Gasteiger partial charge on any atom is -0.370 e. The molecule has 1 aliphatic heterocycles. The minimum atomic E-state index is -0.298. The molecule has 1 N–H and O–H groups in total. The topological polar surface area (TPSA) is 93.3 Å². The van der Waals surface area contributed by atoms with Gasteiger partial charge in [-0.15, -0.1) is 0 Å². The smallest absolute Gasteiger partial charge is 0.269 e. The summed E-state index contributed by atoms with van der Waals surface area (Å²) in [7, 11) is 0. The van der Waals surface area contributed by atoms with Gasteiger partial charge in [0.05, 0.1) is 24.1 Å². The Bertz CT molecular complexity index is 805. The number of carbonyl (C=O) groups is 1. The molecule has 0 saturated carbocycles. The first-order valence-electron chi connectivity index (χ1n) is 9.07. The van der Waals surface area contributed by atoms with E-state index >= 15 is 0 Å². The van der Waals surface area contributed by atoms with E-state index in [0.29, 0.717) is 5.76 Å². The fraction of sp³-hybridized carbons (Fsp3) is 0.556. The normalized spacial score (nSPS) is 14.7. The average molecular weight is 359 g/mol. The Morgan fingerprint density at radius 3 is 2.69 bits per heavy atom. The predicted octanol–water partition coefficient (Wildman–Crippen LogP) is 1.66. The monoisotopic (exact) mass is 359 g/mol. The van der Waals surface area contributed by atoms with Crippen LogP contribution in [0.25, 0.3) is 0 Å². The first-order valence-corrected chi connectivity index (χ1v) is 9.07. The number of hydrogen-bond donors (Lipinski definition) is 1. The molecule has 8 heteroatoms. The molecule has 1 fully saturated rings. The molecule has 1 saturated heterocycles. The number of anilines is 1. The molecule has 140 valence electrons. The molecular weight excluding hydrogens is 334 g/mol. The maximum Gasteiger partial charge on any atom is 0.269 e. The Morgan fingerprint density at radius 1 is 1.27 bits per heavy atom. The van der Waals surface area contributed by atoms with Crippen LogP contribution < -0.4 is 15.8 Å². The van der Waals surface area contributed by atoms with Gasteiger partial charge in [0, 0.05) is 25.2 Å². The van der Waals surface area contributed by atoms with Gasteiger partial charge in [0.1, 0.15) is 6.54 Å². The molecule has 0 radical (unpaired) electrons. The summed E-state index contributed by atoms with van der Waals surface area (Å²) in [6.07, 6.45) is 5.15. The van der Waals surface area contributed by atoms with Crippen molar-refractivity contribution in [3.05, 3.63) is 40.1 Å². The number of piperidine rings is 1. The van der Waals surface area contributed by atoms with Gasteiger partial charge in [-0.3, -0.25) is 9.59 Å². The molecule has 2 aromatic rings. The third-order valence-corrected chi connectivity index (χ3v) is 4.50. The predicted molar refractivity (Wildman–Crippen MR) is 97.0 cm³/mol. The first kappa shape index (κ1) is 18.2. The van der Waals surface area contributed by atoms with Gasteiger partial charge in [0.2, 0.25) is 5.91 Å². The highest BCUT2D eigenvalue weighted by atomic mass is 16.5. The second-order valence-corrected chi connectivity index (χ2v) is 6.91. The lowest BCUT2D eigenvalue weighted by Crippen LogP contribution is -2.35. The highest BCUT2D eigenvalue weighted by molar-refractivity contribution is 5.75. The highest BCUT2D eigenvalue weighted by Gasteiger charge is 2.14. The zero-order chi connectivity index (χ0) is 18.5. The van der Waals surface area contributed by atoms with Crippen LogP contribution in [0.1, 0.15) is 50.5 Å². The lowest BCUT2D eigenvalue weighted by molar-refractivity contribution is -0.122. The van der Waals surface area contributed by atoms with E-state index in [9.17, 15) is 9.59 Å². The first-order chi connectivity index (χ1) is 12.5. The van der Waals surface area contributed by atoms with Crippen LogP contribution in [0.4, 0.5) is 5.69 Å². The number of hydrogen-bond acceptors (Lipinski definition) is 6. The Labute approximate surface area is 152 Å². The molecule has 3 rings (SSSR count). The summed E-state index contributed by atoms with van der Waals surface area (Å²) in [5.41, 5.74) is 1.40. The average Bonchev–Trinajstić information content (AvgIpc) is 3.12. The largest absolute Gasteiger partial charge is 0.370 e. The minimum absolute atomic E-state index is 0.121.